The summed E-state index contributed by atoms with van der Waals surface area (Å²) >= 11 is 0. The van der Waals surface area contributed by atoms with Crippen molar-refractivity contribution in [2.24, 2.45) is 14.1 Å². The molecule has 0 fully saturated rings. The summed E-state index contributed by atoms with van der Waals surface area (Å²) in [6.07, 6.45) is 2.91. The largest absolute Gasteiger partial charge is 0.489 e. The van der Waals surface area contributed by atoms with Gasteiger partial charge in [0, 0.05) is 40.3 Å². The predicted molar refractivity (Wildman–Crippen MR) is 142 cm³/mol. The summed E-state index contributed by atoms with van der Waals surface area (Å²) in [5.41, 5.74) is -2.03. The molecule has 196 valence electrons. The van der Waals surface area contributed by atoms with E-state index in [1.807, 2.05) is 14.1 Å². The minimum atomic E-state index is -1.05. The molecule has 0 unspecified atom stereocenters. The SMILES string of the molecule is CC(C)n1c(=O)c2ncc(OCC(C)(C)n3c(=O)c4cc(N(C)C)ncc4n(C)c3=O)cc2n(C)c1=O. The number of rotatable bonds is 6. The highest BCUT2D eigenvalue weighted by molar-refractivity contribution is 5.80. The van der Waals surface area contributed by atoms with E-state index in [0.29, 0.717) is 28.0 Å². The highest BCUT2D eigenvalue weighted by Crippen LogP contribution is 2.20. The fraction of sp³-hybridized carbons (Fsp3) is 0.440. The van der Waals surface area contributed by atoms with Crippen molar-refractivity contribution in [1.29, 1.82) is 0 Å². The van der Waals surface area contributed by atoms with Crippen molar-refractivity contribution in [3.63, 3.8) is 0 Å². The van der Waals surface area contributed by atoms with Gasteiger partial charge in [0.05, 0.1) is 34.4 Å². The smallest absolute Gasteiger partial charge is 0.331 e. The van der Waals surface area contributed by atoms with Crippen LogP contribution in [-0.4, -0.2) is 48.9 Å². The Balaban J connectivity index is 1.76. The van der Waals surface area contributed by atoms with Crippen LogP contribution in [0.4, 0.5) is 5.82 Å². The van der Waals surface area contributed by atoms with Gasteiger partial charge in [0.25, 0.3) is 11.1 Å². The van der Waals surface area contributed by atoms with Gasteiger partial charge in [-0.05, 0) is 33.8 Å². The summed E-state index contributed by atoms with van der Waals surface area (Å²) in [5, 5.41) is 0.359. The molecule has 0 aromatic carbocycles. The molecule has 0 N–H and O–H groups in total. The monoisotopic (exact) mass is 509 g/mol. The minimum Gasteiger partial charge on any atom is -0.489 e. The molecule has 4 aromatic heterocycles. The first-order valence-electron chi connectivity index (χ1n) is 11.8. The highest BCUT2D eigenvalue weighted by atomic mass is 16.5. The topological polar surface area (TPSA) is 126 Å². The molecule has 0 aliphatic carbocycles. The van der Waals surface area contributed by atoms with Gasteiger partial charge < -0.3 is 9.64 Å². The molecule has 0 saturated heterocycles. The zero-order valence-electron chi connectivity index (χ0n) is 22.3. The third kappa shape index (κ3) is 4.21. The van der Waals surface area contributed by atoms with Gasteiger partial charge in [-0.3, -0.25) is 27.9 Å². The fourth-order valence-electron chi connectivity index (χ4n) is 4.29. The molecule has 0 aliphatic rings. The van der Waals surface area contributed by atoms with Crippen molar-refractivity contribution in [3.05, 3.63) is 66.2 Å². The number of hydrogen-bond donors (Lipinski definition) is 0. The first-order chi connectivity index (χ1) is 17.3. The van der Waals surface area contributed by atoms with Crippen molar-refractivity contribution < 1.29 is 4.74 Å². The van der Waals surface area contributed by atoms with Gasteiger partial charge in [-0.15, -0.1) is 0 Å². The summed E-state index contributed by atoms with van der Waals surface area (Å²) in [7, 11) is 6.79. The van der Waals surface area contributed by atoms with E-state index >= 15 is 0 Å². The fourth-order valence-corrected chi connectivity index (χ4v) is 4.29. The Morgan fingerprint density at radius 3 is 2.19 bits per heavy atom. The van der Waals surface area contributed by atoms with E-state index in [-0.39, 0.29) is 18.2 Å². The van der Waals surface area contributed by atoms with Gasteiger partial charge in [-0.25, -0.2) is 19.6 Å². The van der Waals surface area contributed by atoms with E-state index in [2.05, 4.69) is 9.97 Å². The van der Waals surface area contributed by atoms with Crippen LogP contribution in [-0.2, 0) is 19.6 Å². The van der Waals surface area contributed by atoms with Crippen LogP contribution < -0.4 is 32.1 Å². The molecule has 0 bridgehead atoms. The summed E-state index contributed by atoms with van der Waals surface area (Å²) in [6, 6.07) is 2.89. The summed E-state index contributed by atoms with van der Waals surface area (Å²) in [6.45, 7) is 6.90. The zero-order chi connectivity index (χ0) is 27.4. The molecule has 0 atom stereocenters. The van der Waals surface area contributed by atoms with Gasteiger partial charge in [-0.2, -0.15) is 0 Å². The van der Waals surface area contributed by atoms with Crippen molar-refractivity contribution in [1.82, 2.24) is 28.2 Å². The average molecular weight is 510 g/mol. The van der Waals surface area contributed by atoms with Gasteiger partial charge in [0.15, 0.2) is 5.52 Å². The normalized spacial score (nSPS) is 12.0. The first kappa shape index (κ1) is 25.9. The molecule has 12 nitrogen and oxygen atoms in total. The lowest BCUT2D eigenvalue weighted by atomic mass is 10.1. The Kier molecular flexibility index (Phi) is 6.30. The van der Waals surface area contributed by atoms with Gasteiger partial charge in [0.1, 0.15) is 18.2 Å². The molecule has 37 heavy (non-hydrogen) atoms. The molecule has 12 heteroatoms. The number of nitrogens with zero attached hydrogens (tertiary/aromatic N) is 7. The molecule has 0 spiro atoms. The second kappa shape index (κ2) is 9.02. The lowest BCUT2D eigenvalue weighted by Crippen LogP contribution is -2.51. The van der Waals surface area contributed by atoms with E-state index in [4.69, 9.17) is 4.74 Å². The van der Waals surface area contributed by atoms with Gasteiger partial charge >= 0.3 is 11.4 Å². The number of fused-ring (bicyclic) bond motifs is 2. The maximum absolute atomic E-state index is 13.5. The molecule has 4 aromatic rings. The highest BCUT2D eigenvalue weighted by Gasteiger charge is 2.28. The van der Waals surface area contributed by atoms with E-state index in [1.54, 1.807) is 58.8 Å². The Bertz CT molecular complexity index is 1770. The molecule has 0 radical (unpaired) electrons. The molecular formula is C25H31N7O5. The maximum atomic E-state index is 13.5. The molecule has 0 saturated carbocycles. The third-order valence-corrected chi connectivity index (χ3v) is 6.43. The van der Waals surface area contributed by atoms with Crippen LogP contribution in [0, 0.1) is 0 Å². The van der Waals surface area contributed by atoms with Crippen molar-refractivity contribution >= 4 is 27.8 Å². The van der Waals surface area contributed by atoms with E-state index in [0.717, 1.165) is 4.57 Å². The van der Waals surface area contributed by atoms with Crippen LogP contribution in [0.2, 0.25) is 0 Å². The van der Waals surface area contributed by atoms with Crippen LogP contribution in [0.3, 0.4) is 0 Å². The van der Waals surface area contributed by atoms with Crippen molar-refractivity contribution in [2.45, 2.75) is 39.3 Å². The molecule has 4 heterocycles. The molecular weight excluding hydrogens is 478 g/mol. The second-order valence-corrected chi connectivity index (χ2v) is 10.2. The Labute approximate surface area is 212 Å². The van der Waals surface area contributed by atoms with Crippen LogP contribution in [0.5, 0.6) is 5.75 Å². The number of hydrogen-bond acceptors (Lipinski definition) is 8. The molecule has 4 rings (SSSR count). The van der Waals surface area contributed by atoms with E-state index < -0.39 is 28.0 Å². The molecule has 0 aliphatic heterocycles. The van der Waals surface area contributed by atoms with Crippen molar-refractivity contribution in [3.8, 4) is 5.75 Å². The van der Waals surface area contributed by atoms with E-state index in [9.17, 15) is 19.2 Å². The van der Waals surface area contributed by atoms with Gasteiger partial charge in [0.2, 0.25) is 0 Å². The summed E-state index contributed by atoms with van der Waals surface area (Å²) < 4.78 is 11.0. The van der Waals surface area contributed by atoms with E-state index in [1.165, 1.54) is 26.1 Å². The predicted octanol–water partition coefficient (Wildman–Crippen LogP) is 0.965. The summed E-state index contributed by atoms with van der Waals surface area (Å²) in [5.74, 6) is 0.885. The number of anilines is 1. The van der Waals surface area contributed by atoms with Crippen LogP contribution in [0.1, 0.15) is 33.7 Å². The lowest BCUT2D eigenvalue weighted by Gasteiger charge is -2.27. The number of aryl methyl sites for hydroxylation is 2. The molecule has 0 amide bonds. The minimum absolute atomic E-state index is 0.0521. The standard InChI is InChI=1S/C25H31N7O5/c1-14(2)31-22(34)20-17(29(7)23(31)35)9-15(11-27-20)37-13-25(3,4)32-21(33)16-10-19(28(5)6)26-12-18(16)30(8)24(32)36/h9-12,14H,13H2,1-8H3. The first-order valence-corrected chi connectivity index (χ1v) is 11.8. The Morgan fingerprint density at radius 2 is 1.57 bits per heavy atom. The average Bonchev–Trinajstić information content (AvgIpc) is 2.84. The summed E-state index contributed by atoms with van der Waals surface area (Å²) in [4.78, 5) is 62.5. The quantitative estimate of drug-likeness (QED) is 0.376. The van der Waals surface area contributed by atoms with Crippen LogP contribution >= 0.6 is 0 Å². The Morgan fingerprint density at radius 1 is 0.919 bits per heavy atom. The second-order valence-electron chi connectivity index (χ2n) is 10.2. The zero-order valence-corrected chi connectivity index (χ0v) is 22.3. The number of pyridine rings is 2. The van der Waals surface area contributed by atoms with Crippen LogP contribution in [0.25, 0.3) is 21.9 Å². The lowest BCUT2D eigenvalue weighted by molar-refractivity contribution is 0.174. The van der Waals surface area contributed by atoms with Crippen molar-refractivity contribution in [2.75, 3.05) is 25.6 Å². The number of aromatic nitrogens is 6. The van der Waals surface area contributed by atoms with Crippen LogP contribution in [0.15, 0.2) is 43.7 Å². The number of ether oxygens (including phenoxy) is 1. The Hall–Kier alpha value is -4.22. The van der Waals surface area contributed by atoms with Gasteiger partial charge in [-0.1, -0.05) is 0 Å². The maximum Gasteiger partial charge on any atom is 0.331 e. The third-order valence-electron chi connectivity index (χ3n) is 6.43.